The van der Waals surface area contributed by atoms with Crippen LogP contribution in [0.1, 0.15) is 54.1 Å². The van der Waals surface area contributed by atoms with Gasteiger partial charge in [0.15, 0.2) is 11.5 Å². The molecule has 184 valence electrons. The third-order valence-corrected chi connectivity index (χ3v) is 6.96. The van der Waals surface area contributed by atoms with Crippen molar-refractivity contribution in [3.8, 4) is 5.75 Å². The lowest BCUT2D eigenvalue weighted by Gasteiger charge is -2.30. The number of carbonyl (C=O) groups excluding carboxylic acids is 2. The van der Waals surface area contributed by atoms with Crippen LogP contribution in [-0.2, 0) is 11.3 Å². The van der Waals surface area contributed by atoms with Gasteiger partial charge in [-0.2, -0.15) is 0 Å². The smallest absolute Gasteiger partial charge is 0.294 e. The molecule has 1 aliphatic carbocycles. The molecule has 2 aliphatic rings. The molecule has 5 nitrogen and oxygen atoms in total. The Hall–Kier alpha value is -3.93. The van der Waals surface area contributed by atoms with Gasteiger partial charge in [-0.25, -0.2) is 4.39 Å². The van der Waals surface area contributed by atoms with E-state index in [4.69, 9.17) is 4.74 Å². The van der Waals surface area contributed by atoms with E-state index in [9.17, 15) is 14.0 Å². The minimum Gasteiger partial charge on any atom is -0.449 e. The standard InChI is InChI=1S/C30H29FN2O3/c1-20-7-2-3-10-25(20)32-29(34)23-15-13-21(14-16-23)18-28-30(35)33(19-22-8-6-9-24(31)17-22)26-11-4-5-12-27(26)36-28/h4-6,8-9,11-18,20,25H,2-3,7,10,19H2,1H3,(H,32,34)/b28-18-/t20-,25+/m1/s1. The number of benzene rings is 3. The molecule has 3 aromatic rings. The second-order valence-corrected chi connectivity index (χ2v) is 9.56. The molecule has 2 amide bonds. The van der Waals surface area contributed by atoms with Crippen LogP contribution >= 0.6 is 0 Å². The van der Waals surface area contributed by atoms with Crippen molar-refractivity contribution in [3.63, 3.8) is 0 Å². The van der Waals surface area contributed by atoms with Crippen LogP contribution in [0.4, 0.5) is 10.1 Å². The second kappa shape index (κ2) is 10.4. The number of nitrogens with zero attached hydrogens (tertiary/aromatic N) is 1. The first-order valence-electron chi connectivity index (χ1n) is 12.4. The van der Waals surface area contributed by atoms with Crippen molar-refractivity contribution < 1.29 is 18.7 Å². The number of para-hydroxylation sites is 2. The van der Waals surface area contributed by atoms with E-state index >= 15 is 0 Å². The van der Waals surface area contributed by atoms with E-state index in [0.717, 1.165) is 24.8 Å². The van der Waals surface area contributed by atoms with Gasteiger partial charge < -0.3 is 10.1 Å². The minimum atomic E-state index is -0.348. The molecule has 0 unspecified atom stereocenters. The highest BCUT2D eigenvalue weighted by molar-refractivity contribution is 6.09. The lowest BCUT2D eigenvalue weighted by atomic mass is 9.86. The van der Waals surface area contributed by atoms with Crippen LogP contribution in [0, 0.1) is 11.7 Å². The number of amides is 2. The molecular weight excluding hydrogens is 455 g/mol. The first kappa shape index (κ1) is 23.8. The predicted octanol–water partition coefficient (Wildman–Crippen LogP) is 6.10. The van der Waals surface area contributed by atoms with Crippen LogP contribution < -0.4 is 15.0 Å². The highest BCUT2D eigenvalue weighted by Crippen LogP contribution is 2.36. The summed E-state index contributed by atoms with van der Waals surface area (Å²) in [5.74, 6) is 0.466. The molecule has 0 radical (unpaired) electrons. The molecule has 5 rings (SSSR count). The van der Waals surface area contributed by atoms with Crippen LogP contribution in [0.25, 0.3) is 6.08 Å². The summed E-state index contributed by atoms with van der Waals surface area (Å²) in [4.78, 5) is 27.7. The third kappa shape index (κ3) is 5.18. The zero-order chi connectivity index (χ0) is 25.1. The Labute approximate surface area is 210 Å². The maximum atomic E-state index is 13.8. The summed E-state index contributed by atoms with van der Waals surface area (Å²) in [7, 11) is 0. The van der Waals surface area contributed by atoms with Gasteiger partial charge in [-0.05, 0) is 72.4 Å². The SMILES string of the molecule is C[C@@H]1CCCC[C@@H]1NC(=O)c1ccc(/C=C2\Oc3ccccc3N(Cc3cccc(F)c3)C2=O)cc1. The Morgan fingerprint density at radius 1 is 1.06 bits per heavy atom. The number of hydrogen-bond donors (Lipinski definition) is 1. The average molecular weight is 485 g/mol. The van der Waals surface area contributed by atoms with Crippen LogP contribution in [0.15, 0.2) is 78.6 Å². The van der Waals surface area contributed by atoms with E-state index in [-0.39, 0.29) is 36.0 Å². The largest absolute Gasteiger partial charge is 0.449 e. The van der Waals surface area contributed by atoms with E-state index in [0.29, 0.717) is 28.5 Å². The second-order valence-electron chi connectivity index (χ2n) is 9.56. The average Bonchev–Trinajstić information content (AvgIpc) is 2.88. The third-order valence-electron chi connectivity index (χ3n) is 6.96. The van der Waals surface area contributed by atoms with Crippen LogP contribution in [-0.4, -0.2) is 17.9 Å². The fraction of sp³-hybridized carbons (Fsp3) is 0.267. The number of rotatable bonds is 5. The van der Waals surface area contributed by atoms with Crippen LogP contribution in [0.3, 0.4) is 0 Å². The van der Waals surface area contributed by atoms with Crippen molar-refractivity contribution in [2.24, 2.45) is 5.92 Å². The van der Waals surface area contributed by atoms with Crippen molar-refractivity contribution in [1.82, 2.24) is 5.32 Å². The fourth-order valence-corrected chi connectivity index (χ4v) is 4.90. The molecule has 0 bridgehead atoms. The Kier molecular flexibility index (Phi) is 6.85. The van der Waals surface area contributed by atoms with Crippen molar-refractivity contribution in [1.29, 1.82) is 0 Å². The van der Waals surface area contributed by atoms with Gasteiger partial charge in [0, 0.05) is 11.6 Å². The van der Waals surface area contributed by atoms with Crippen LogP contribution in [0.5, 0.6) is 5.75 Å². The lowest BCUT2D eigenvalue weighted by molar-refractivity contribution is -0.117. The van der Waals surface area contributed by atoms with Crippen LogP contribution in [0.2, 0.25) is 0 Å². The fourth-order valence-electron chi connectivity index (χ4n) is 4.90. The first-order valence-corrected chi connectivity index (χ1v) is 12.4. The van der Waals surface area contributed by atoms with Gasteiger partial charge in [0.2, 0.25) is 0 Å². The van der Waals surface area contributed by atoms with Crippen molar-refractivity contribution in [2.75, 3.05) is 4.90 Å². The van der Waals surface area contributed by atoms with E-state index in [1.54, 1.807) is 53.4 Å². The summed E-state index contributed by atoms with van der Waals surface area (Å²) in [6, 6.07) is 20.9. The summed E-state index contributed by atoms with van der Waals surface area (Å²) in [5.41, 5.74) is 2.64. The highest BCUT2D eigenvalue weighted by Gasteiger charge is 2.30. The van der Waals surface area contributed by atoms with E-state index in [2.05, 4.69) is 12.2 Å². The number of ether oxygens (including phenoxy) is 1. The molecular formula is C30H29FN2O3. The van der Waals surface area contributed by atoms with Gasteiger partial charge in [0.05, 0.1) is 12.2 Å². The van der Waals surface area contributed by atoms with E-state index in [1.165, 1.54) is 18.6 Å². The Morgan fingerprint density at radius 2 is 1.83 bits per heavy atom. The van der Waals surface area contributed by atoms with E-state index < -0.39 is 0 Å². The Bertz CT molecular complexity index is 1300. The molecule has 0 saturated heterocycles. The molecule has 0 spiro atoms. The number of hydrogen-bond acceptors (Lipinski definition) is 3. The molecule has 1 N–H and O–H groups in total. The predicted molar refractivity (Wildman–Crippen MR) is 138 cm³/mol. The van der Waals surface area contributed by atoms with Gasteiger partial charge in [-0.3, -0.25) is 14.5 Å². The number of carbonyl (C=O) groups is 2. The van der Waals surface area contributed by atoms with Gasteiger partial charge in [-0.15, -0.1) is 0 Å². The molecule has 2 atom stereocenters. The molecule has 0 aromatic heterocycles. The van der Waals surface area contributed by atoms with Gasteiger partial charge >= 0.3 is 0 Å². The van der Waals surface area contributed by atoms with Gasteiger partial charge in [0.25, 0.3) is 11.8 Å². The molecule has 1 saturated carbocycles. The maximum absolute atomic E-state index is 13.8. The summed E-state index contributed by atoms with van der Waals surface area (Å²) in [6.45, 7) is 2.41. The number of nitrogens with one attached hydrogen (secondary N) is 1. The highest BCUT2D eigenvalue weighted by atomic mass is 19.1. The summed E-state index contributed by atoms with van der Waals surface area (Å²) < 4.78 is 19.7. The maximum Gasteiger partial charge on any atom is 0.294 e. The molecule has 3 aromatic carbocycles. The number of halogens is 1. The summed E-state index contributed by atoms with van der Waals surface area (Å²) in [6.07, 6.45) is 6.20. The molecule has 1 heterocycles. The van der Waals surface area contributed by atoms with Crippen molar-refractivity contribution in [2.45, 2.75) is 45.2 Å². The quantitative estimate of drug-likeness (QED) is 0.445. The zero-order valence-corrected chi connectivity index (χ0v) is 20.2. The zero-order valence-electron chi connectivity index (χ0n) is 20.2. The number of anilines is 1. The molecule has 1 fully saturated rings. The monoisotopic (exact) mass is 484 g/mol. The summed E-state index contributed by atoms with van der Waals surface area (Å²) >= 11 is 0. The van der Waals surface area contributed by atoms with Gasteiger partial charge in [-0.1, -0.05) is 56.2 Å². The molecule has 1 aliphatic heterocycles. The molecule has 36 heavy (non-hydrogen) atoms. The summed E-state index contributed by atoms with van der Waals surface area (Å²) in [5, 5.41) is 3.17. The minimum absolute atomic E-state index is 0.0758. The Morgan fingerprint density at radius 3 is 2.61 bits per heavy atom. The Balaban J connectivity index is 1.35. The topological polar surface area (TPSA) is 58.6 Å². The lowest BCUT2D eigenvalue weighted by Crippen LogP contribution is -2.41. The number of fused-ring (bicyclic) bond motifs is 1. The van der Waals surface area contributed by atoms with Crippen molar-refractivity contribution in [3.05, 3.63) is 101 Å². The molecule has 6 heteroatoms. The van der Waals surface area contributed by atoms with E-state index in [1.807, 2.05) is 18.2 Å². The normalized spacial score (nSPS) is 20.6. The van der Waals surface area contributed by atoms with Crippen molar-refractivity contribution >= 4 is 23.6 Å². The first-order chi connectivity index (χ1) is 17.5. The van der Waals surface area contributed by atoms with Gasteiger partial charge in [0.1, 0.15) is 5.82 Å².